The zero-order chi connectivity index (χ0) is 14.3. The molecule has 2 N–H and O–H groups in total. The first kappa shape index (κ1) is 15.4. The topological polar surface area (TPSA) is 63.4 Å². The van der Waals surface area contributed by atoms with Crippen LogP contribution in [0.1, 0.15) is 17.4 Å². The number of hydrogen-bond donors (Lipinski definition) is 2. The van der Waals surface area contributed by atoms with Gasteiger partial charge in [-0.05, 0) is 13.0 Å². The van der Waals surface area contributed by atoms with Gasteiger partial charge in [0.2, 0.25) is 0 Å². The molecular formula is C11H15F3N2O3. The van der Waals surface area contributed by atoms with Gasteiger partial charge in [-0.1, -0.05) is 0 Å². The largest absolute Gasteiger partial charge is 0.461 e. The molecular weight excluding hydrogens is 265 g/mol. The number of hydrogen-bond acceptors (Lipinski definition) is 4. The predicted octanol–water partition coefficient (Wildman–Crippen LogP) is 2.18. The molecule has 0 fully saturated rings. The first-order valence-corrected chi connectivity index (χ1v) is 5.68. The van der Waals surface area contributed by atoms with Crippen molar-refractivity contribution in [3.05, 3.63) is 18.0 Å². The van der Waals surface area contributed by atoms with Crippen molar-refractivity contribution in [2.75, 3.05) is 25.1 Å². The maximum absolute atomic E-state index is 12.4. The van der Waals surface area contributed by atoms with Gasteiger partial charge >= 0.3 is 5.97 Å². The SMILES string of the molecule is CCOC(=O)c1[nH]ccc1NCCOC(F)C(F)F. The number of ether oxygens (including phenoxy) is 2. The van der Waals surface area contributed by atoms with Crippen LogP contribution >= 0.6 is 0 Å². The minimum atomic E-state index is -3.16. The van der Waals surface area contributed by atoms with Gasteiger partial charge in [-0.2, -0.15) is 0 Å². The highest BCUT2D eigenvalue weighted by Gasteiger charge is 2.19. The number of rotatable bonds is 8. The molecule has 0 saturated carbocycles. The van der Waals surface area contributed by atoms with Gasteiger partial charge in [-0.3, -0.25) is 0 Å². The summed E-state index contributed by atoms with van der Waals surface area (Å²) in [6, 6.07) is 1.58. The summed E-state index contributed by atoms with van der Waals surface area (Å²) < 4.78 is 45.1. The lowest BCUT2D eigenvalue weighted by Crippen LogP contribution is -2.21. The molecule has 0 bridgehead atoms. The molecule has 1 rings (SSSR count). The van der Waals surface area contributed by atoms with Crippen LogP contribution in [0.15, 0.2) is 12.3 Å². The van der Waals surface area contributed by atoms with Crippen LogP contribution in [0, 0.1) is 0 Å². The fourth-order valence-corrected chi connectivity index (χ4v) is 1.32. The Bertz CT molecular complexity index is 398. The fraction of sp³-hybridized carbons (Fsp3) is 0.545. The number of carbonyl (C=O) groups is 1. The lowest BCUT2D eigenvalue weighted by atomic mass is 10.3. The van der Waals surface area contributed by atoms with Gasteiger partial charge in [0, 0.05) is 12.7 Å². The average molecular weight is 280 g/mol. The number of nitrogens with one attached hydrogen (secondary N) is 2. The van der Waals surface area contributed by atoms with Crippen LogP contribution in [0.4, 0.5) is 18.9 Å². The number of H-pyrrole nitrogens is 1. The fourth-order valence-electron chi connectivity index (χ4n) is 1.32. The van der Waals surface area contributed by atoms with Gasteiger partial charge in [0.1, 0.15) is 5.69 Å². The third kappa shape index (κ3) is 4.82. The predicted molar refractivity (Wildman–Crippen MR) is 62.1 cm³/mol. The summed E-state index contributed by atoms with van der Waals surface area (Å²) in [4.78, 5) is 14.2. The molecule has 0 aliphatic rings. The molecule has 8 heteroatoms. The molecule has 5 nitrogen and oxygen atoms in total. The lowest BCUT2D eigenvalue weighted by molar-refractivity contribution is -0.125. The Morgan fingerprint density at radius 3 is 2.84 bits per heavy atom. The zero-order valence-corrected chi connectivity index (χ0v) is 10.3. The normalized spacial score (nSPS) is 12.5. The van der Waals surface area contributed by atoms with E-state index in [1.54, 1.807) is 13.0 Å². The summed E-state index contributed by atoms with van der Waals surface area (Å²) in [5, 5.41) is 2.76. The first-order valence-electron chi connectivity index (χ1n) is 5.68. The maximum Gasteiger partial charge on any atom is 0.356 e. The summed E-state index contributed by atoms with van der Waals surface area (Å²) in [6.07, 6.45) is -4.24. The molecule has 19 heavy (non-hydrogen) atoms. The van der Waals surface area contributed by atoms with Crippen LogP contribution in [0.5, 0.6) is 0 Å². The smallest absolute Gasteiger partial charge is 0.356 e. The van der Waals surface area contributed by atoms with E-state index in [1.165, 1.54) is 6.20 Å². The highest BCUT2D eigenvalue weighted by Crippen LogP contribution is 2.14. The molecule has 0 aromatic carbocycles. The number of halogens is 3. The van der Waals surface area contributed by atoms with Gasteiger partial charge in [0.05, 0.1) is 18.9 Å². The van der Waals surface area contributed by atoms with Crippen LogP contribution in [0.3, 0.4) is 0 Å². The molecule has 1 atom stereocenters. The minimum Gasteiger partial charge on any atom is -0.461 e. The van der Waals surface area contributed by atoms with Gasteiger partial charge in [-0.25, -0.2) is 18.0 Å². The highest BCUT2D eigenvalue weighted by atomic mass is 19.3. The van der Waals surface area contributed by atoms with E-state index in [1.807, 2.05) is 0 Å². The highest BCUT2D eigenvalue weighted by molar-refractivity contribution is 5.93. The zero-order valence-electron chi connectivity index (χ0n) is 10.3. The first-order chi connectivity index (χ1) is 9.06. The van der Waals surface area contributed by atoms with Crippen molar-refractivity contribution in [1.82, 2.24) is 4.98 Å². The van der Waals surface area contributed by atoms with Crippen LogP contribution in [0.2, 0.25) is 0 Å². The van der Waals surface area contributed by atoms with E-state index >= 15 is 0 Å². The van der Waals surface area contributed by atoms with E-state index in [-0.39, 0.29) is 25.5 Å². The van der Waals surface area contributed by atoms with Gasteiger partial charge in [-0.15, -0.1) is 0 Å². The Balaban J connectivity index is 2.38. The second kappa shape index (κ2) is 7.67. The molecule has 1 aromatic rings. The summed E-state index contributed by atoms with van der Waals surface area (Å²) >= 11 is 0. The second-order valence-electron chi connectivity index (χ2n) is 3.47. The van der Waals surface area contributed by atoms with Crippen molar-refractivity contribution in [3.63, 3.8) is 0 Å². The number of anilines is 1. The van der Waals surface area contributed by atoms with E-state index in [9.17, 15) is 18.0 Å². The summed E-state index contributed by atoms with van der Waals surface area (Å²) in [6.45, 7) is 1.74. The van der Waals surface area contributed by atoms with Crippen molar-refractivity contribution in [2.24, 2.45) is 0 Å². The molecule has 0 aliphatic heterocycles. The van der Waals surface area contributed by atoms with E-state index in [2.05, 4.69) is 15.0 Å². The molecule has 108 valence electrons. The Kier molecular flexibility index (Phi) is 6.20. The average Bonchev–Trinajstić information content (AvgIpc) is 2.82. The molecule has 0 aliphatic carbocycles. The van der Waals surface area contributed by atoms with Gasteiger partial charge in [0.25, 0.3) is 12.8 Å². The van der Waals surface area contributed by atoms with Crippen molar-refractivity contribution < 1.29 is 27.4 Å². The van der Waals surface area contributed by atoms with Crippen molar-refractivity contribution in [1.29, 1.82) is 0 Å². The monoisotopic (exact) mass is 280 g/mol. The van der Waals surface area contributed by atoms with Crippen LogP contribution in [-0.4, -0.2) is 43.5 Å². The van der Waals surface area contributed by atoms with E-state index in [0.717, 1.165) is 0 Å². The Morgan fingerprint density at radius 1 is 1.47 bits per heavy atom. The van der Waals surface area contributed by atoms with Gasteiger partial charge in [0.15, 0.2) is 0 Å². The quantitative estimate of drug-likeness (QED) is 0.566. The molecule has 0 radical (unpaired) electrons. The number of alkyl halides is 3. The second-order valence-corrected chi connectivity index (χ2v) is 3.47. The molecule has 1 unspecified atom stereocenters. The summed E-state index contributed by atoms with van der Waals surface area (Å²) in [7, 11) is 0. The molecule has 0 saturated heterocycles. The molecule has 0 spiro atoms. The molecule has 0 amide bonds. The lowest BCUT2D eigenvalue weighted by Gasteiger charge is -2.10. The standard InChI is InChI=1S/C11H15F3N2O3/c1-2-18-11(17)8-7(3-4-16-8)15-5-6-19-10(14)9(12)13/h3-4,9-10,15-16H,2,5-6H2,1H3. The van der Waals surface area contributed by atoms with Crippen molar-refractivity contribution >= 4 is 11.7 Å². The van der Waals surface area contributed by atoms with Crippen molar-refractivity contribution in [2.45, 2.75) is 19.7 Å². The van der Waals surface area contributed by atoms with Gasteiger partial charge < -0.3 is 19.8 Å². The summed E-state index contributed by atoms with van der Waals surface area (Å²) in [5.41, 5.74) is 0.655. The number of carbonyl (C=O) groups excluding carboxylic acids is 1. The van der Waals surface area contributed by atoms with E-state index in [4.69, 9.17) is 4.74 Å². The third-order valence-electron chi connectivity index (χ3n) is 2.12. The number of esters is 1. The number of aromatic nitrogens is 1. The molecule has 1 aromatic heterocycles. The van der Waals surface area contributed by atoms with Crippen LogP contribution in [0.25, 0.3) is 0 Å². The van der Waals surface area contributed by atoms with Crippen LogP contribution in [-0.2, 0) is 9.47 Å². The maximum atomic E-state index is 12.4. The van der Waals surface area contributed by atoms with Crippen LogP contribution < -0.4 is 5.32 Å². The Labute approximate surface area is 108 Å². The van der Waals surface area contributed by atoms with E-state index in [0.29, 0.717) is 5.69 Å². The molecule has 1 heterocycles. The minimum absolute atomic E-state index is 0.0808. The Morgan fingerprint density at radius 2 is 2.21 bits per heavy atom. The summed E-state index contributed by atoms with van der Waals surface area (Å²) in [5.74, 6) is -0.535. The van der Waals surface area contributed by atoms with E-state index < -0.39 is 18.8 Å². The number of aromatic amines is 1. The Hall–Kier alpha value is -1.70. The van der Waals surface area contributed by atoms with Crippen molar-refractivity contribution in [3.8, 4) is 0 Å². The third-order valence-corrected chi connectivity index (χ3v) is 2.12.